The van der Waals surface area contributed by atoms with E-state index in [1.54, 1.807) is 24.3 Å². The lowest BCUT2D eigenvalue weighted by Crippen LogP contribution is -2.14. The molecule has 0 atom stereocenters. The van der Waals surface area contributed by atoms with Gasteiger partial charge in [-0.3, -0.25) is 9.59 Å². The molecule has 0 fully saturated rings. The number of aromatic nitrogens is 1. The second-order valence-electron chi connectivity index (χ2n) is 5.72. The van der Waals surface area contributed by atoms with Gasteiger partial charge in [0.25, 0.3) is 0 Å². The van der Waals surface area contributed by atoms with Crippen LogP contribution in [0, 0.1) is 6.92 Å². The van der Waals surface area contributed by atoms with Gasteiger partial charge in [0.2, 0.25) is 5.91 Å². The van der Waals surface area contributed by atoms with Crippen LogP contribution in [0.15, 0.2) is 48.7 Å². The summed E-state index contributed by atoms with van der Waals surface area (Å²) in [6, 6.07) is 13.1. The number of carbonyl (C=O) groups excluding carboxylic acids is 2. The van der Waals surface area contributed by atoms with Gasteiger partial charge in [-0.05, 0) is 43.7 Å². The van der Waals surface area contributed by atoms with Crippen LogP contribution < -0.4 is 5.32 Å². The minimum Gasteiger partial charge on any atom is -0.361 e. The Morgan fingerprint density at radius 3 is 2.74 bits per heavy atom. The molecule has 2 N–H and O–H groups in total. The van der Waals surface area contributed by atoms with Crippen LogP contribution in [0.4, 0.5) is 5.69 Å². The van der Waals surface area contributed by atoms with Gasteiger partial charge in [0.1, 0.15) is 0 Å². The molecule has 0 saturated heterocycles. The fraction of sp³-hybridized carbons (Fsp3) is 0.158. The quantitative estimate of drug-likeness (QED) is 0.719. The highest BCUT2D eigenvalue weighted by molar-refractivity contribution is 5.98. The summed E-state index contributed by atoms with van der Waals surface area (Å²) < 4.78 is 0. The second-order valence-corrected chi connectivity index (χ2v) is 5.72. The third-order valence-electron chi connectivity index (χ3n) is 3.83. The summed E-state index contributed by atoms with van der Waals surface area (Å²) in [6.07, 6.45) is 2.16. The number of hydrogen-bond donors (Lipinski definition) is 2. The van der Waals surface area contributed by atoms with Crippen LogP contribution in [0.1, 0.15) is 28.4 Å². The van der Waals surface area contributed by atoms with Gasteiger partial charge in [0, 0.05) is 28.4 Å². The number of ketones is 1. The summed E-state index contributed by atoms with van der Waals surface area (Å²) in [4.78, 5) is 26.9. The van der Waals surface area contributed by atoms with Crippen LogP contribution in [0.3, 0.4) is 0 Å². The van der Waals surface area contributed by atoms with E-state index in [9.17, 15) is 9.59 Å². The molecule has 0 spiro atoms. The molecule has 3 rings (SSSR count). The average Bonchev–Trinajstić information content (AvgIpc) is 2.89. The zero-order valence-electron chi connectivity index (χ0n) is 13.1. The number of benzene rings is 2. The average molecular weight is 306 g/mol. The second kappa shape index (κ2) is 6.08. The lowest BCUT2D eigenvalue weighted by Gasteiger charge is -2.06. The SMILES string of the molecule is CC(=O)c1cccc(NC(=O)Cc2c[nH]c3ccc(C)cc23)c1. The maximum absolute atomic E-state index is 12.3. The van der Waals surface area contributed by atoms with Crippen molar-refractivity contribution in [2.75, 3.05) is 5.32 Å². The number of anilines is 1. The first kappa shape index (κ1) is 15.0. The molecule has 1 aromatic heterocycles. The molecule has 1 amide bonds. The predicted octanol–water partition coefficient (Wildman–Crippen LogP) is 3.86. The van der Waals surface area contributed by atoms with Crippen LogP contribution in [0.2, 0.25) is 0 Å². The van der Waals surface area contributed by atoms with Crippen molar-refractivity contribution in [3.05, 3.63) is 65.4 Å². The van der Waals surface area contributed by atoms with Crippen LogP contribution in [-0.4, -0.2) is 16.7 Å². The number of fused-ring (bicyclic) bond motifs is 1. The summed E-state index contributed by atoms with van der Waals surface area (Å²) in [6.45, 7) is 3.54. The van der Waals surface area contributed by atoms with E-state index in [1.165, 1.54) is 6.92 Å². The van der Waals surface area contributed by atoms with E-state index in [4.69, 9.17) is 0 Å². The van der Waals surface area contributed by atoms with Crippen molar-refractivity contribution in [2.45, 2.75) is 20.3 Å². The number of aromatic amines is 1. The first-order valence-electron chi connectivity index (χ1n) is 7.50. The Bertz CT molecular complexity index is 893. The molecule has 116 valence electrons. The van der Waals surface area contributed by atoms with E-state index in [0.29, 0.717) is 11.3 Å². The van der Waals surface area contributed by atoms with E-state index in [0.717, 1.165) is 22.0 Å². The standard InChI is InChI=1S/C19H18N2O2/c1-12-6-7-18-17(8-12)15(11-20-18)10-19(23)21-16-5-3-4-14(9-16)13(2)22/h3-9,11,20H,10H2,1-2H3,(H,21,23). The summed E-state index contributed by atoms with van der Waals surface area (Å²) in [5.74, 6) is -0.124. The van der Waals surface area contributed by atoms with Gasteiger partial charge in [0.05, 0.1) is 6.42 Å². The topological polar surface area (TPSA) is 62.0 Å². The van der Waals surface area contributed by atoms with E-state index in [-0.39, 0.29) is 18.1 Å². The Labute approximate surface area is 134 Å². The highest BCUT2D eigenvalue weighted by atomic mass is 16.1. The van der Waals surface area contributed by atoms with Crippen LogP contribution >= 0.6 is 0 Å². The number of aryl methyl sites for hydroxylation is 1. The molecule has 23 heavy (non-hydrogen) atoms. The van der Waals surface area contributed by atoms with E-state index >= 15 is 0 Å². The molecule has 0 radical (unpaired) electrons. The van der Waals surface area contributed by atoms with Gasteiger partial charge in [-0.25, -0.2) is 0 Å². The molecule has 0 aliphatic rings. The third kappa shape index (κ3) is 3.31. The lowest BCUT2D eigenvalue weighted by atomic mass is 10.1. The van der Waals surface area contributed by atoms with Gasteiger partial charge in [-0.2, -0.15) is 0 Å². The molecule has 0 bridgehead atoms. The van der Waals surface area contributed by atoms with Crippen molar-refractivity contribution < 1.29 is 9.59 Å². The van der Waals surface area contributed by atoms with Gasteiger partial charge in [0.15, 0.2) is 5.78 Å². The molecule has 4 nitrogen and oxygen atoms in total. The monoisotopic (exact) mass is 306 g/mol. The van der Waals surface area contributed by atoms with Crippen LogP contribution in [-0.2, 0) is 11.2 Å². The molecular formula is C19H18N2O2. The molecule has 1 heterocycles. The fourth-order valence-electron chi connectivity index (χ4n) is 2.63. The van der Waals surface area contributed by atoms with Crippen molar-refractivity contribution in [1.82, 2.24) is 4.98 Å². The minimum atomic E-state index is -0.104. The van der Waals surface area contributed by atoms with E-state index < -0.39 is 0 Å². The van der Waals surface area contributed by atoms with E-state index in [2.05, 4.69) is 16.4 Å². The normalized spacial score (nSPS) is 10.7. The van der Waals surface area contributed by atoms with E-state index in [1.807, 2.05) is 25.3 Å². The van der Waals surface area contributed by atoms with Crippen molar-refractivity contribution >= 4 is 28.3 Å². The van der Waals surface area contributed by atoms with Crippen LogP contribution in [0.5, 0.6) is 0 Å². The number of nitrogens with one attached hydrogen (secondary N) is 2. The Morgan fingerprint density at radius 1 is 1.13 bits per heavy atom. The summed E-state index contributed by atoms with van der Waals surface area (Å²) in [5, 5.41) is 3.92. The molecular weight excluding hydrogens is 288 g/mol. The number of H-pyrrole nitrogens is 1. The van der Waals surface area contributed by atoms with Crippen molar-refractivity contribution in [3.8, 4) is 0 Å². The largest absolute Gasteiger partial charge is 0.361 e. The first-order chi connectivity index (χ1) is 11.0. The molecule has 2 aromatic carbocycles. The molecule has 3 aromatic rings. The highest BCUT2D eigenvalue weighted by Crippen LogP contribution is 2.20. The van der Waals surface area contributed by atoms with Crippen molar-refractivity contribution in [2.24, 2.45) is 0 Å². The Balaban J connectivity index is 1.77. The van der Waals surface area contributed by atoms with Crippen LogP contribution in [0.25, 0.3) is 10.9 Å². The number of rotatable bonds is 4. The maximum Gasteiger partial charge on any atom is 0.228 e. The summed E-state index contributed by atoms with van der Waals surface area (Å²) in [5.41, 5.74) is 4.37. The zero-order chi connectivity index (χ0) is 16.4. The van der Waals surface area contributed by atoms with Crippen molar-refractivity contribution in [1.29, 1.82) is 0 Å². The maximum atomic E-state index is 12.3. The predicted molar refractivity (Wildman–Crippen MR) is 91.8 cm³/mol. The highest BCUT2D eigenvalue weighted by Gasteiger charge is 2.10. The Morgan fingerprint density at radius 2 is 1.96 bits per heavy atom. The molecule has 0 aliphatic carbocycles. The fourth-order valence-corrected chi connectivity index (χ4v) is 2.63. The van der Waals surface area contributed by atoms with Gasteiger partial charge in [-0.1, -0.05) is 23.8 Å². The Hall–Kier alpha value is -2.88. The molecule has 0 unspecified atom stereocenters. The van der Waals surface area contributed by atoms with Gasteiger partial charge in [-0.15, -0.1) is 0 Å². The number of amides is 1. The number of carbonyl (C=O) groups is 2. The molecule has 4 heteroatoms. The smallest absolute Gasteiger partial charge is 0.228 e. The summed E-state index contributed by atoms with van der Waals surface area (Å²) >= 11 is 0. The number of hydrogen-bond acceptors (Lipinski definition) is 2. The van der Waals surface area contributed by atoms with Gasteiger partial charge >= 0.3 is 0 Å². The Kier molecular flexibility index (Phi) is 3.98. The third-order valence-corrected chi connectivity index (χ3v) is 3.83. The van der Waals surface area contributed by atoms with Crippen molar-refractivity contribution in [3.63, 3.8) is 0 Å². The first-order valence-corrected chi connectivity index (χ1v) is 7.50. The minimum absolute atomic E-state index is 0.0202. The molecule has 0 saturated carbocycles. The lowest BCUT2D eigenvalue weighted by molar-refractivity contribution is -0.115. The zero-order valence-corrected chi connectivity index (χ0v) is 13.1. The van der Waals surface area contributed by atoms with Gasteiger partial charge < -0.3 is 10.3 Å². The molecule has 0 aliphatic heterocycles. The summed E-state index contributed by atoms with van der Waals surface area (Å²) in [7, 11) is 0. The number of Topliss-reactive ketones (excluding diaryl/α,β-unsaturated/α-hetero) is 1.